The zero-order chi connectivity index (χ0) is 14.4. The highest BCUT2D eigenvalue weighted by Crippen LogP contribution is 2.37. The van der Waals surface area contributed by atoms with Crippen molar-refractivity contribution in [2.24, 2.45) is 0 Å². The third kappa shape index (κ3) is 1.98. The molecular weight excluding hydrogens is 346 g/mol. The lowest BCUT2D eigenvalue weighted by atomic mass is 10.1. The zero-order valence-corrected chi connectivity index (χ0v) is 13.4. The summed E-state index contributed by atoms with van der Waals surface area (Å²) in [5.74, 6) is 0. The van der Waals surface area contributed by atoms with Crippen molar-refractivity contribution in [3.8, 4) is 5.69 Å². The summed E-state index contributed by atoms with van der Waals surface area (Å²) in [6.07, 6.45) is 0. The molecule has 1 nitrogen and oxygen atoms in total. The average molecular weight is 357 g/mol. The maximum absolute atomic E-state index is 6.22. The SMILES string of the molecule is Clc1ccc2c3c(Br)cccc3n(-c3ccccc3)c2c1. The highest BCUT2D eigenvalue weighted by atomic mass is 79.9. The number of fused-ring (bicyclic) bond motifs is 3. The Kier molecular flexibility index (Phi) is 3.02. The Labute approximate surface area is 135 Å². The fraction of sp³-hybridized carbons (Fsp3) is 0. The maximum atomic E-state index is 6.22. The van der Waals surface area contributed by atoms with Crippen molar-refractivity contribution < 1.29 is 0 Å². The summed E-state index contributed by atoms with van der Waals surface area (Å²) in [5, 5.41) is 3.16. The van der Waals surface area contributed by atoms with Crippen LogP contribution in [0.3, 0.4) is 0 Å². The van der Waals surface area contributed by atoms with Gasteiger partial charge in [0.15, 0.2) is 0 Å². The van der Waals surface area contributed by atoms with E-state index in [1.165, 1.54) is 16.3 Å². The van der Waals surface area contributed by atoms with Crippen LogP contribution in [0.1, 0.15) is 0 Å². The molecule has 0 saturated heterocycles. The second kappa shape index (κ2) is 4.90. The van der Waals surface area contributed by atoms with Crippen molar-refractivity contribution in [2.45, 2.75) is 0 Å². The first-order valence-electron chi connectivity index (χ1n) is 6.69. The lowest BCUT2D eigenvalue weighted by molar-refractivity contribution is 1.18. The minimum absolute atomic E-state index is 0.749. The van der Waals surface area contributed by atoms with Crippen LogP contribution in [-0.2, 0) is 0 Å². The molecule has 1 aromatic heterocycles. The third-order valence-electron chi connectivity index (χ3n) is 3.72. The smallest absolute Gasteiger partial charge is 0.0556 e. The molecule has 4 rings (SSSR count). The molecular formula is C18H11BrClN. The van der Waals surface area contributed by atoms with Gasteiger partial charge in [-0.2, -0.15) is 0 Å². The predicted octanol–water partition coefficient (Wildman–Crippen LogP) is 6.20. The standard InChI is InChI=1S/C18H11BrClN/c19-15-7-4-8-16-18(15)14-10-9-12(20)11-17(14)21(16)13-5-2-1-3-6-13/h1-11H. The van der Waals surface area contributed by atoms with Gasteiger partial charge < -0.3 is 4.57 Å². The van der Waals surface area contributed by atoms with Gasteiger partial charge in [-0.1, -0.05) is 57.9 Å². The number of hydrogen-bond acceptors (Lipinski definition) is 0. The second-order valence-corrected chi connectivity index (χ2v) is 6.26. The summed E-state index contributed by atoms with van der Waals surface area (Å²) in [4.78, 5) is 0. The molecule has 0 unspecified atom stereocenters. The summed E-state index contributed by atoms with van der Waals surface area (Å²) in [6, 6.07) is 22.7. The van der Waals surface area contributed by atoms with Crippen LogP contribution >= 0.6 is 27.5 Å². The maximum Gasteiger partial charge on any atom is 0.0556 e. The summed E-state index contributed by atoms with van der Waals surface area (Å²) in [7, 11) is 0. The molecule has 0 radical (unpaired) electrons. The van der Waals surface area contributed by atoms with E-state index in [9.17, 15) is 0 Å². The summed E-state index contributed by atoms with van der Waals surface area (Å²) in [6.45, 7) is 0. The van der Waals surface area contributed by atoms with Gasteiger partial charge in [0.1, 0.15) is 0 Å². The van der Waals surface area contributed by atoms with Crippen LogP contribution in [0.5, 0.6) is 0 Å². The second-order valence-electron chi connectivity index (χ2n) is 4.97. The van der Waals surface area contributed by atoms with Crippen LogP contribution in [0.4, 0.5) is 0 Å². The Bertz CT molecular complexity index is 957. The normalized spacial score (nSPS) is 11.3. The summed E-state index contributed by atoms with van der Waals surface area (Å²) >= 11 is 9.90. The van der Waals surface area contributed by atoms with E-state index < -0.39 is 0 Å². The molecule has 0 N–H and O–H groups in total. The number of aromatic nitrogens is 1. The van der Waals surface area contributed by atoms with Crippen molar-refractivity contribution in [3.63, 3.8) is 0 Å². The Hall–Kier alpha value is -1.77. The first-order valence-corrected chi connectivity index (χ1v) is 7.86. The van der Waals surface area contributed by atoms with E-state index >= 15 is 0 Å². The first kappa shape index (κ1) is 12.9. The van der Waals surface area contributed by atoms with Crippen molar-refractivity contribution in [1.29, 1.82) is 0 Å². The Morgan fingerprint density at radius 3 is 2.43 bits per heavy atom. The minimum atomic E-state index is 0.749. The molecule has 0 fully saturated rings. The van der Waals surface area contributed by atoms with Gasteiger partial charge in [0.25, 0.3) is 0 Å². The van der Waals surface area contributed by atoms with E-state index in [0.717, 1.165) is 20.7 Å². The van der Waals surface area contributed by atoms with Crippen LogP contribution in [0.2, 0.25) is 5.02 Å². The zero-order valence-electron chi connectivity index (χ0n) is 11.1. The molecule has 0 spiro atoms. The number of rotatable bonds is 1. The van der Waals surface area contributed by atoms with Crippen molar-refractivity contribution >= 4 is 49.3 Å². The molecule has 0 aliphatic carbocycles. The van der Waals surface area contributed by atoms with Gasteiger partial charge in [-0.3, -0.25) is 0 Å². The number of benzene rings is 3. The van der Waals surface area contributed by atoms with E-state index in [2.05, 4.69) is 69.0 Å². The number of halogens is 2. The molecule has 0 amide bonds. The molecule has 0 atom stereocenters. The molecule has 3 aromatic carbocycles. The largest absolute Gasteiger partial charge is 0.309 e. The molecule has 0 saturated carbocycles. The molecule has 102 valence electrons. The highest BCUT2D eigenvalue weighted by molar-refractivity contribution is 9.10. The fourth-order valence-corrected chi connectivity index (χ4v) is 3.59. The van der Waals surface area contributed by atoms with Crippen molar-refractivity contribution in [3.05, 3.63) is 76.2 Å². The Balaban J connectivity index is 2.26. The van der Waals surface area contributed by atoms with Crippen LogP contribution < -0.4 is 0 Å². The van der Waals surface area contributed by atoms with Gasteiger partial charge in [-0.25, -0.2) is 0 Å². The van der Waals surface area contributed by atoms with Crippen LogP contribution in [-0.4, -0.2) is 4.57 Å². The first-order chi connectivity index (χ1) is 10.3. The van der Waals surface area contributed by atoms with Gasteiger partial charge in [-0.15, -0.1) is 0 Å². The van der Waals surface area contributed by atoms with E-state index in [1.54, 1.807) is 0 Å². The van der Waals surface area contributed by atoms with Crippen LogP contribution in [0.25, 0.3) is 27.5 Å². The molecule has 21 heavy (non-hydrogen) atoms. The topological polar surface area (TPSA) is 4.93 Å². The number of nitrogens with zero attached hydrogens (tertiary/aromatic N) is 1. The lowest BCUT2D eigenvalue weighted by Crippen LogP contribution is -1.92. The van der Waals surface area contributed by atoms with Gasteiger partial charge >= 0.3 is 0 Å². The molecule has 0 aliphatic rings. The van der Waals surface area contributed by atoms with Gasteiger partial charge in [-0.05, 0) is 36.4 Å². The van der Waals surface area contributed by atoms with Crippen molar-refractivity contribution in [2.75, 3.05) is 0 Å². The quantitative estimate of drug-likeness (QED) is 0.382. The number of para-hydroxylation sites is 1. The molecule has 4 aromatic rings. The molecule has 0 bridgehead atoms. The van der Waals surface area contributed by atoms with Gasteiger partial charge in [0.2, 0.25) is 0 Å². The van der Waals surface area contributed by atoms with E-state index in [1.807, 2.05) is 18.2 Å². The fourth-order valence-electron chi connectivity index (χ4n) is 2.85. The van der Waals surface area contributed by atoms with Crippen molar-refractivity contribution in [1.82, 2.24) is 4.57 Å². The number of hydrogen-bond donors (Lipinski definition) is 0. The van der Waals surface area contributed by atoms with Crippen LogP contribution in [0.15, 0.2) is 71.2 Å². The summed E-state index contributed by atoms with van der Waals surface area (Å²) < 4.78 is 3.35. The molecule has 1 heterocycles. The van der Waals surface area contributed by atoms with E-state index in [-0.39, 0.29) is 0 Å². The van der Waals surface area contributed by atoms with E-state index in [4.69, 9.17) is 11.6 Å². The van der Waals surface area contributed by atoms with Gasteiger partial charge in [0, 0.05) is 26.0 Å². The molecule has 3 heteroatoms. The summed E-state index contributed by atoms with van der Waals surface area (Å²) in [5.41, 5.74) is 3.43. The van der Waals surface area contributed by atoms with E-state index in [0.29, 0.717) is 0 Å². The predicted molar refractivity (Wildman–Crippen MR) is 93.5 cm³/mol. The van der Waals surface area contributed by atoms with Gasteiger partial charge in [0.05, 0.1) is 11.0 Å². The Morgan fingerprint density at radius 1 is 0.810 bits per heavy atom. The average Bonchev–Trinajstić information content (AvgIpc) is 2.82. The minimum Gasteiger partial charge on any atom is -0.309 e. The monoisotopic (exact) mass is 355 g/mol. The van der Waals surface area contributed by atoms with Crippen LogP contribution in [0, 0.1) is 0 Å². The lowest BCUT2D eigenvalue weighted by Gasteiger charge is -2.07. The third-order valence-corrected chi connectivity index (χ3v) is 4.61. The Morgan fingerprint density at radius 2 is 1.62 bits per heavy atom. The molecule has 0 aliphatic heterocycles. The highest BCUT2D eigenvalue weighted by Gasteiger charge is 2.14.